The topological polar surface area (TPSA) is 92.8 Å². The Bertz CT molecular complexity index is 1100. The number of imide groups is 1. The summed E-state index contributed by atoms with van der Waals surface area (Å²) < 4.78 is 34.1. The van der Waals surface area contributed by atoms with Crippen molar-refractivity contribution < 1.29 is 22.7 Å². The molecule has 2 atom stereocenters. The molecule has 1 N–H and O–H groups in total. The highest BCUT2D eigenvalue weighted by Gasteiger charge is 2.47. The molecule has 0 unspecified atom stereocenters. The van der Waals surface area contributed by atoms with Gasteiger partial charge in [0.15, 0.2) is 0 Å². The van der Waals surface area contributed by atoms with Crippen molar-refractivity contribution in [3.8, 4) is 5.75 Å². The zero-order valence-electron chi connectivity index (χ0n) is 18.3. The molecule has 2 aliphatic rings. The van der Waals surface area contributed by atoms with Crippen LogP contribution in [0.15, 0.2) is 47.4 Å². The third-order valence-corrected chi connectivity index (χ3v) is 7.81. The van der Waals surface area contributed by atoms with Crippen molar-refractivity contribution >= 4 is 27.5 Å². The zero-order valence-corrected chi connectivity index (χ0v) is 19.2. The summed E-state index contributed by atoms with van der Waals surface area (Å²) in [5.74, 6) is -0.557. The Hall–Kier alpha value is -2.87. The number of methoxy groups -OCH3 is 1. The number of nitrogens with zero attached hydrogens (tertiary/aromatic N) is 1. The molecule has 2 aromatic rings. The van der Waals surface area contributed by atoms with E-state index in [2.05, 4.69) is 4.72 Å². The smallest absolute Gasteiger partial charge is 0.265 e. The second-order valence-corrected chi connectivity index (χ2v) is 10.1. The molecule has 1 saturated heterocycles. The highest BCUT2D eigenvalue weighted by molar-refractivity contribution is 7.92. The van der Waals surface area contributed by atoms with Crippen LogP contribution in [0, 0.1) is 11.8 Å². The molecular weight excluding hydrogens is 428 g/mol. The number of carbonyl (C=O) groups excluding carboxylic acids is 2. The first-order valence-electron chi connectivity index (χ1n) is 11.0. The maximum atomic E-state index is 13.1. The Morgan fingerprint density at radius 2 is 1.56 bits per heavy atom. The molecule has 1 aliphatic carbocycles. The minimum Gasteiger partial charge on any atom is -0.495 e. The van der Waals surface area contributed by atoms with Gasteiger partial charge in [-0.25, -0.2) is 8.42 Å². The number of hydrogen-bond donors (Lipinski definition) is 1. The van der Waals surface area contributed by atoms with Gasteiger partial charge in [-0.15, -0.1) is 0 Å². The lowest BCUT2D eigenvalue weighted by molar-refractivity contribution is -0.140. The molecule has 8 heteroatoms. The van der Waals surface area contributed by atoms with Crippen molar-refractivity contribution in [2.24, 2.45) is 11.8 Å². The summed E-state index contributed by atoms with van der Waals surface area (Å²) in [5, 5.41) is 0. The van der Waals surface area contributed by atoms with E-state index in [4.69, 9.17) is 4.74 Å². The molecule has 32 heavy (non-hydrogen) atoms. The molecule has 1 saturated carbocycles. The predicted octanol–water partition coefficient (Wildman–Crippen LogP) is 3.73. The van der Waals surface area contributed by atoms with Gasteiger partial charge in [-0.1, -0.05) is 38.0 Å². The fourth-order valence-electron chi connectivity index (χ4n) is 4.62. The maximum absolute atomic E-state index is 13.1. The largest absolute Gasteiger partial charge is 0.495 e. The number of benzene rings is 2. The van der Waals surface area contributed by atoms with Crippen LogP contribution in [0.5, 0.6) is 5.75 Å². The number of nitrogens with one attached hydrogen (secondary N) is 1. The van der Waals surface area contributed by atoms with Crippen molar-refractivity contribution in [1.29, 1.82) is 0 Å². The van der Waals surface area contributed by atoms with E-state index in [-0.39, 0.29) is 40.8 Å². The van der Waals surface area contributed by atoms with Crippen LogP contribution in [0.4, 0.5) is 5.69 Å². The van der Waals surface area contributed by atoms with E-state index in [1.807, 2.05) is 19.1 Å². The Kier molecular flexibility index (Phi) is 6.24. The zero-order chi connectivity index (χ0) is 22.9. The highest BCUT2D eigenvalue weighted by Crippen LogP contribution is 2.39. The van der Waals surface area contributed by atoms with E-state index in [9.17, 15) is 18.0 Å². The predicted molar refractivity (Wildman–Crippen MR) is 121 cm³/mol. The molecular formula is C24H28N2O5S. The summed E-state index contributed by atoms with van der Waals surface area (Å²) in [5.41, 5.74) is 2.12. The summed E-state index contributed by atoms with van der Waals surface area (Å²) in [6.45, 7) is 2.09. The summed E-state index contributed by atoms with van der Waals surface area (Å²) in [4.78, 5) is 26.9. The summed E-state index contributed by atoms with van der Waals surface area (Å²) in [6.07, 6.45) is 4.27. The van der Waals surface area contributed by atoms with Gasteiger partial charge in [0.2, 0.25) is 11.8 Å². The Morgan fingerprint density at radius 3 is 2.12 bits per heavy atom. The third kappa shape index (κ3) is 4.24. The van der Waals surface area contributed by atoms with Gasteiger partial charge in [0, 0.05) is 5.69 Å². The number of rotatable bonds is 7. The van der Waals surface area contributed by atoms with Crippen LogP contribution in [0.25, 0.3) is 0 Å². The molecule has 2 fully saturated rings. The van der Waals surface area contributed by atoms with Gasteiger partial charge in [0.05, 0.1) is 25.5 Å². The van der Waals surface area contributed by atoms with Gasteiger partial charge in [0.1, 0.15) is 10.6 Å². The minimum atomic E-state index is -3.94. The number of likely N-dealkylation sites (tertiary alicyclic amines) is 1. The quantitative estimate of drug-likeness (QED) is 0.641. The average molecular weight is 457 g/mol. The summed E-state index contributed by atoms with van der Waals surface area (Å²) >= 11 is 0. The van der Waals surface area contributed by atoms with E-state index in [0.717, 1.165) is 37.7 Å². The monoisotopic (exact) mass is 456 g/mol. The van der Waals surface area contributed by atoms with Crippen molar-refractivity contribution in [2.75, 3.05) is 11.8 Å². The highest BCUT2D eigenvalue weighted by atomic mass is 32.2. The van der Waals surface area contributed by atoms with E-state index in [1.165, 1.54) is 18.1 Å². The van der Waals surface area contributed by atoms with Crippen LogP contribution in [-0.2, 0) is 32.6 Å². The van der Waals surface area contributed by atoms with Crippen LogP contribution in [0.1, 0.15) is 43.7 Å². The summed E-state index contributed by atoms with van der Waals surface area (Å²) in [7, 11) is -2.54. The number of amides is 2. The molecule has 1 aliphatic heterocycles. The van der Waals surface area contributed by atoms with Crippen LogP contribution in [0.3, 0.4) is 0 Å². The number of carbonyl (C=O) groups is 2. The molecule has 2 amide bonds. The average Bonchev–Trinajstić information content (AvgIpc) is 3.04. The van der Waals surface area contributed by atoms with Gasteiger partial charge in [0.25, 0.3) is 10.0 Å². The lowest BCUT2D eigenvalue weighted by atomic mass is 9.81. The second kappa shape index (κ2) is 8.94. The first-order valence-corrected chi connectivity index (χ1v) is 12.5. The van der Waals surface area contributed by atoms with Gasteiger partial charge < -0.3 is 4.74 Å². The van der Waals surface area contributed by atoms with Gasteiger partial charge in [-0.3, -0.25) is 19.2 Å². The maximum Gasteiger partial charge on any atom is 0.265 e. The SMILES string of the molecule is CCc1ccc(NS(=O)(=O)c2cc(CN3C(=O)[C@H]4CCCC[C@H]4C3=O)ccc2OC)cc1. The van der Waals surface area contributed by atoms with E-state index in [0.29, 0.717) is 11.3 Å². The van der Waals surface area contributed by atoms with E-state index < -0.39 is 10.0 Å². The lowest BCUT2D eigenvalue weighted by Gasteiger charge is -2.19. The Morgan fingerprint density at radius 1 is 0.969 bits per heavy atom. The summed E-state index contributed by atoms with van der Waals surface area (Å²) in [6, 6.07) is 11.9. The van der Waals surface area contributed by atoms with E-state index in [1.54, 1.807) is 24.3 Å². The molecule has 170 valence electrons. The van der Waals surface area contributed by atoms with Crippen molar-refractivity contribution in [3.05, 3.63) is 53.6 Å². The fourth-order valence-corrected chi connectivity index (χ4v) is 5.90. The molecule has 0 bridgehead atoms. The molecule has 2 aromatic carbocycles. The first-order chi connectivity index (χ1) is 15.3. The molecule has 4 rings (SSSR count). The minimum absolute atomic E-state index is 0.0337. The standard InChI is InChI=1S/C24H28N2O5S/c1-3-16-8-11-18(12-9-16)25-32(29,30)22-14-17(10-13-21(22)31-2)15-26-23(27)19-6-4-5-7-20(19)24(26)28/h8-14,19-20,25H,3-7,15H2,1-2H3/t19-,20+. The number of hydrogen-bond acceptors (Lipinski definition) is 5. The molecule has 0 spiro atoms. The number of anilines is 1. The van der Waals surface area contributed by atoms with Crippen molar-refractivity contribution in [3.63, 3.8) is 0 Å². The normalized spacial score (nSPS) is 20.9. The van der Waals surface area contributed by atoms with Crippen molar-refractivity contribution in [2.45, 2.75) is 50.5 Å². The van der Waals surface area contributed by atoms with Gasteiger partial charge in [-0.2, -0.15) is 0 Å². The third-order valence-electron chi connectivity index (χ3n) is 6.41. The van der Waals surface area contributed by atoms with Gasteiger partial charge in [-0.05, 0) is 54.7 Å². The number of fused-ring (bicyclic) bond motifs is 1. The van der Waals surface area contributed by atoms with E-state index >= 15 is 0 Å². The second-order valence-electron chi connectivity index (χ2n) is 8.40. The fraction of sp³-hybridized carbons (Fsp3) is 0.417. The first kappa shape index (κ1) is 22.3. The van der Waals surface area contributed by atoms with Crippen LogP contribution < -0.4 is 9.46 Å². The number of sulfonamides is 1. The molecule has 0 aromatic heterocycles. The van der Waals surface area contributed by atoms with Crippen LogP contribution >= 0.6 is 0 Å². The Labute approximate surface area is 188 Å². The Balaban J connectivity index is 1.59. The molecule has 0 radical (unpaired) electrons. The van der Waals surface area contributed by atoms with Crippen LogP contribution in [0.2, 0.25) is 0 Å². The molecule has 7 nitrogen and oxygen atoms in total. The van der Waals surface area contributed by atoms with Crippen molar-refractivity contribution in [1.82, 2.24) is 4.90 Å². The molecule has 1 heterocycles. The number of ether oxygens (including phenoxy) is 1. The van der Waals surface area contributed by atoms with Crippen LogP contribution in [-0.4, -0.2) is 32.2 Å². The number of aryl methyl sites for hydroxylation is 1. The van der Waals surface area contributed by atoms with Gasteiger partial charge >= 0.3 is 0 Å². The lowest BCUT2D eigenvalue weighted by Crippen LogP contribution is -2.30.